The predicted molar refractivity (Wildman–Crippen MR) is 138 cm³/mol. The van der Waals surface area contributed by atoms with E-state index in [0.717, 1.165) is 6.42 Å². The molecule has 3 N–H and O–H groups in total. The first-order valence-electron chi connectivity index (χ1n) is 12.2. The fraction of sp³-hybridized carbons (Fsp3) is 0.560. The average Bonchev–Trinajstić information content (AvgIpc) is 2.84. The number of nitrogens with one attached hydrogen (secondary N) is 1. The molecule has 2 saturated heterocycles. The van der Waals surface area contributed by atoms with Crippen LogP contribution < -0.4 is 5.32 Å². The molecule has 2 fully saturated rings. The molecular formula is C25H32F3N3O4S2. The maximum atomic E-state index is 13.6. The number of aliphatic hydroxyl groups excluding tert-OH is 1. The number of aliphatic hydroxyl groups is 2. The number of hydrogen-bond donors (Lipinski definition) is 3. The first-order valence-corrected chi connectivity index (χ1v) is 14.1. The summed E-state index contributed by atoms with van der Waals surface area (Å²) >= 11 is 5.33. The van der Waals surface area contributed by atoms with Gasteiger partial charge in [0.05, 0.1) is 16.5 Å². The second-order valence-electron chi connectivity index (χ2n) is 10.1. The molecule has 3 aliphatic rings. The molecule has 0 spiro atoms. The van der Waals surface area contributed by atoms with Gasteiger partial charge in [-0.25, -0.2) is 8.42 Å². The van der Waals surface area contributed by atoms with Crippen LogP contribution in [0.2, 0.25) is 0 Å². The van der Waals surface area contributed by atoms with E-state index in [1.807, 2.05) is 4.90 Å². The van der Waals surface area contributed by atoms with Gasteiger partial charge in [-0.1, -0.05) is 48.6 Å². The van der Waals surface area contributed by atoms with Crippen LogP contribution in [-0.2, 0) is 21.2 Å². The fourth-order valence-corrected chi connectivity index (χ4v) is 7.28. The molecule has 0 bridgehead atoms. The van der Waals surface area contributed by atoms with E-state index in [9.17, 15) is 31.8 Å². The fourth-order valence-electron chi connectivity index (χ4n) is 5.18. The van der Waals surface area contributed by atoms with Crippen LogP contribution in [0.5, 0.6) is 0 Å². The molecule has 3 atom stereocenters. The number of thiocarbonyl (C=S) groups is 1. The lowest BCUT2D eigenvalue weighted by Gasteiger charge is -2.47. The van der Waals surface area contributed by atoms with E-state index >= 15 is 0 Å². The largest absolute Gasteiger partial charge is 0.421 e. The lowest BCUT2D eigenvalue weighted by atomic mass is 9.84. The molecule has 1 unspecified atom stereocenters. The molecule has 1 aromatic carbocycles. The van der Waals surface area contributed by atoms with Crippen molar-refractivity contribution in [3.8, 4) is 0 Å². The van der Waals surface area contributed by atoms with Crippen molar-refractivity contribution in [3.63, 3.8) is 0 Å². The molecule has 0 aromatic heterocycles. The Hall–Kier alpha value is -1.67. The summed E-state index contributed by atoms with van der Waals surface area (Å²) in [5.74, 6) is 0. The van der Waals surface area contributed by atoms with Crippen molar-refractivity contribution in [2.24, 2.45) is 0 Å². The third-order valence-electron chi connectivity index (χ3n) is 7.38. The van der Waals surface area contributed by atoms with E-state index in [0.29, 0.717) is 56.4 Å². The van der Waals surface area contributed by atoms with Crippen molar-refractivity contribution >= 4 is 27.1 Å². The van der Waals surface area contributed by atoms with Crippen LogP contribution in [0.25, 0.3) is 0 Å². The van der Waals surface area contributed by atoms with Crippen LogP contribution in [0.3, 0.4) is 0 Å². The number of β-amino-alcohol motifs (C(OH)–C–C–N with tert-alkyl or cyclic N) is 1. The third-order valence-corrected chi connectivity index (χ3v) is 9.82. The number of alkyl halides is 3. The van der Waals surface area contributed by atoms with Gasteiger partial charge in [-0.3, -0.25) is 4.90 Å². The van der Waals surface area contributed by atoms with Crippen LogP contribution in [0, 0.1) is 0 Å². The number of piperazine rings is 1. The van der Waals surface area contributed by atoms with Crippen molar-refractivity contribution < 1.29 is 31.8 Å². The normalized spacial score (nSPS) is 28.1. The SMILES string of the molecule is CC(O)(c1ccc([C@]2(CN3CCC[C@H](O)C3)CN(S(=O)(=O)C3=CC=CCC3=S)CCN2)cc1)C(F)(F)F. The van der Waals surface area contributed by atoms with Gasteiger partial charge in [0.2, 0.25) is 10.0 Å². The maximum absolute atomic E-state index is 13.6. The maximum Gasteiger partial charge on any atom is 0.421 e. The lowest BCUT2D eigenvalue weighted by molar-refractivity contribution is -0.258. The highest BCUT2D eigenvalue weighted by molar-refractivity contribution is 7.96. The Kier molecular flexibility index (Phi) is 8.03. The van der Waals surface area contributed by atoms with E-state index in [4.69, 9.17) is 12.2 Å². The number of likely N-dealkylation sites (tertiary alicyclic amines) is 1. The van der Waals surface area contributed by atoms with Gasteiger partial charge in [-0.15, -0.1) is 0 Å². The monoisotopic (exact) mass is 559 g/mol. The molecule has 37 heavy (non-hydrogen) atoms. The van der Waals surface area contributed by atoms with Gasteiger partial charge < -0.3 is 15.5 Å². The lowest BCUT2D eigenvalue weighted by Crippen LogP contribution is -2.64. The Morgan fingerprint density at radius 1 is 1.22 bits per heavy atom. The minimum absolute atomic E-state index is 0.0284. The Labute approximate surface area is 220 Å². The van der Waals surface area contributed by atoms with Crippen molar-refractivity contribution in [2.75, 3.05) is 39.3 Å². The molecule has 7 nitrogen and oxygen atoms in total. The number of allylic oxidation sites excluding steroid dienone is 4. The highest BCUT2D eigenvalue weighted by atomic mass is 32.2. The number of nitrogens with zero attached hydrogens (tertiary/aromatic N) is 2. The second-order valence-corrected chi connectivity index (χ2v) is 12.5. The average molecular weight is 560 g/mol. The summed E-state index contributed by atoms with van der Waals surface area (Å²) < 4.78 is 68.8. The van der Waals surface area contributed by atoms with Gasteiger partial charge in [0.15, 0.2) is 5.60 Å². The molecular weight excluding hydrogens is 527 g/mol. The van der Waals surface area contributed by atoms with E-state index in [1.165, 1.54) is 34.6 Å². The zero-order valence-corrected chi connectivity index (χ0v) is 22.2. The van der Waals surface area contributed by atoms with E-state index < -0.39 is 33.4 Å². The van der Waals surface area contributed by atoms with E-state index in [2.05, 4.69) is 5.32 Å². The van der Waals surface area contributed by atoms with Crippen LogP contribution in [-0.4, -0.2) is 84.2 Å². The standard InChI is InChI=1S/C25H32F3N3O4S2/c1-23(33,25(26,27)28)18-8-10-19(11-9-18)24(16-30-13-4-5-20(32)15-30)17-31(14-12-29-24)37(34,35)22-7-3-2-6-21(22)36/h2-3,7-11,20,29,32-33H,4-6,12-17H2,1H3/t20-,23?,24-/m0/s1. The van der Waals surface area contributed by atoms with Crippen LogP contribution >= 0.6 is 12.2 Å². The van der Waals surface area contributed by atoms with Crippen LogP contribution in [0.1, 0.15) is 37.3 Å². The predicted octanol–water partition coefficient (Wildman–Crippen LogP) is 2.56. The zero-order chi connectivity index (χ0) is 27.1. The number of piperidine rings is 1. The number of rotatable bonds is 6. The first-order chi connectivity index (χ1) is 17.3. The van der Waals surface area contributed by atoms with E-state index in [-0.39, 0.29) is 23.6 Å². The van der Waals surface area contributed by atoms with Crippen LogP contribution in [0.4, 0.5) is 13.2 Å². The van der Waals surface area contributed by atoms with E-state index in [1.54, 1.807) is 12.2 Å². The summed E-state index contributed by atoms with van der Waals surface area (Å²) in [5, 5.41) is 23.8. The molecule has 12 heteroatoms. The molecule has 2 heterocycles. The summed E-state index contributed by atoms with van der Waals surface area (Å²) in [4.78, 5) is 2.47. The summed E-state index contributed by atoms with van der Waals surface area (Å²) in [6, 6.07) is 5.47. The number of sulfonamides is 1. The summed E-state index contributed by atoms with van der Waals surface area (Å²) in [6.45, 7) is 2.71. The molecule has 2 aliphatic heterocycles. The van der Waals surface area contributed by atoms with Gasteiger partial charge >= 0.3 is 6.18 Å². The summed E-state index contributed by atoms with van der Waals surface area (Å²) in [5.41, 5.74) is -3.70. The molecule has 4 rings (SSSR count). The third kappa shape index (κ3) is 5.70. The molecule has 204 valence electrons. The molecule has 0 amide bonds. The van der Waals surface area contributed by atoms with Gasteiger partial charge in [0.25, 0.3) is 0 Å². The van der Waals surface area contributed by atoms with Crippen molar-refractivity contribution in [1.82, 2.24) is 14.5 Å². The smallest absolute Gasteiger partial charge is 0.392 e. The first kappa shape index (κ1) is 28.3. The molecule has 1 aliphatic carbocycles. The quantitative estimate of drug-likeness (QED) is 0.462. The number of hydrogen-bond acceptors (Lipinski definition) is 7. The summed E-state index contributed by atoms with van der Waals surface area (Å²) in [7, 11) is -3.91. The molecule has 1 aromatic rings. The van der Waals surface area contributed by atoms with Crippen molar-refractivity contribution in [1.29, 1.82) is 0 Å². The van der Waals surface area contributed by atoms with Gasteiger partial charge in [-0.2, -0.15) is 17.5 Å². The Morgan fingerprint density at radius 3 is 2.54 bits per heavy atom. The van der Waals surface area contributed by atoms with Gasteiger partial charge in [0.1, 0.15) is 0 Å². The Morgan fingerprint density at radius 2 is 1.92 bits per heavy atom. The highest BCUT2D eigenvalue weighted by Gasteiger charge is 2.51. The van der Waals surface area contributed by atoms with Crippen LogP contribution in [0.15, 0.2) is 47.4 Å². The second kappa shape index (κ2) is 10.5. The highest BCUT2D eigenvalue weighted by Crippen LogP contribution is 2.39. The summed E-state index contributed by atoms with van der Waals surface area (Å²) in [6.07, 6.45) is 1.42. The van der Waals surface area contributed by atoms with Gasteiger partial charge in [0, 0.05) is 44.0 Å². The van der Waals surface area contributed by atoms with Crippen molar-refractivity contribution in [3.05, 3.63) is 58.5 Å². The van der Waals surface area contributed by atoms with Gasteiger partial charge in [-0.05, 0) is 43.5 Å². The van der Waals surface area contributed by atoms with Crippen molar-refractivity contribution in [2.45, 2.75) is 49.6 Å². The Balaban J connectivity index is 1.71. The minimum atomic E-state index is -4.86. The zero-order valence-electron chi connectivity index (χ0n) is 20.5. The topological polar surface area (TPSA) is 93.1 Å². The number of benzene rings is 1. The molecule has 0 saturated carbocycles. The molecule has 0 radical (unpaired) electrons. The Bertz CT molecular complexity index is 1180. The number of halogens is 3. The minimum Gasteiger partial charge on any atom is -0.392 e.